The first-order chi connectivity index (χ1) is 9.94. The Balaban J connectivity index is 2.02. The van der Waals surface area contributed by atoms with Crippen molar-refractivity contribution in [2.75, 3.05) is 5.32 Å². The largest absolute Gasteiger partial charge is 0.481 e. The molecule has 1 amide bonds. The van der Waals surface area contributed by atoms with Crippen LogP contribution in [0.3, 0.4) is 0 Å². The lowest BCUT2D eigenvalue weighted by Crippen LogP contribution is -2.30. The molecular formula is C18H21NO2. The maximum absolute atomic E-state index is 12.2. The Bertz CT molecular complexity index is 629. The average Bonchev–Trinajstić information content (AvgIpc) is 2.37. The molecule has 110 valence electrons. The fraction of sp³-hybridized carbons (Fsp3) is 0.278. The first-order valence-electron chi connectivity index (χ1n) is 7.06. The summed E-state index contributed by atoms with van der Waals surface area (Å²) in [6.45, 7) is 7.76. The number of carbonyl (C=O) groups is 1. The van der Waals surface area contributed by atoms with Crippen molar-refractivity contribution < 1.29 is 9.53 Å². The number of anilines is 1. The summed E-state index contributed by atoms with van der Waals surface area (Å²) in [7, 11) is 0. The lowest BCUT2D eigenvalue weighted by Gasteiger charge is -2.15. The molecule has 0 spiro atoms. The minimum Gasteiger partial charge on any atom is -0.481 e. The standard InChI is InChI=1S/C18H21NO2/c1-12-6-5-7-17(11-12)21-15(4)18(20)19-16-9-13(2)8-14(3)10-16/h5-11,15H,1-4H3,(H,19,20)/t15-/m0/s1. The summed E-state index contributed by atoms with van der Waals surface area (Å²) in [6.07, 6.45) is -0.549. The van der Waals surface area contributed by atoms with Crippen LogP contribution in [0.1, 0.15) is 23.6 Å². The van der Waals surface area contributed by atoms with Gasteiger partial charge in [-0.2, -0.15) is 0 Å². The van der Waals surface area contributed by atoms with Crippen molar-refractivity contribution in [2.45, 2.75) is 33.8 Å². The Morgan fingerprint density at radius 1 is 1.00 bits per heavy atom. The van der Waals surface area contributed by atoms with Gasteiger partial charge in [0.15, 0.2) is 6.10 Å². The smallest absolute Gasteiger partial charge is 0.265 e. The minimum atomic E-state index is -0.549. The van der Waals surface area contributed by atoms with Gasteiger partial charge in [-0.15, -0.1) is 0 Å². The van der Waals surface area contributed by atoms with Crippen LogP contribution in [0.25, 0.3) is 0 Å². The lowest BCUT2D eigenvalue weighted by molar-refractivity contribution is -0.122. The van der Waals surface area contributed by atoms with Crippen molar-refractivity contribution in [2.24, 2.45) is 0 Å². The number of aryl methyl sites for hydroxylation is 3. The van der Waals surface area contributed by atoms with E-state index in [1.54, 1.807) is 6.92 Å². The molecule has 0 aliphatic carbocycles. The zero-order valence-electron chi connectivity index (χ0n) is 12.9. The van der Waals surface area contributed by atoms with Crippen LogP contribution in [0, 0.1) is 20.8 Å². The van der Waals surface area contributed by atoms with Crippen molar-refractivity contribution in [1.29, 1.82) is 0 Å². The van der Waals surface area contributed by atoms with Gasteiger partial charge in [0.2, 0.25) is 0 Å². The van der Waals surface area contributed by atoms with Gasteiger partial charge in [0.05, 0.1) is 0 Å². The summed E-state index contributed by atoms with van der Waals surface area (Å²) in [5.41, 5.74) is 4.15. The minimum absolute atomic E-state index is 0.151. The number of carbonyl (C=O) groups excluding carboxylic acids is 1. The van der Waals surface area contributed by atoms with E-state index in [9.17, 15) is 4.79 Å². The molecule has 1 atom stereocenters. The molecule has 2 rings (SSSR count). The number of hydrogen-bond acceptors (Lipinski definition) is 2. The molecule has 21 heavy (non-hydrogen) atoms. The van der Waals surface area contributed by atoms with Crippen molar-refractivity contribution in [3.63, 3.8) is 0 Å². The van der Waals surface area contributed by atoms with Crippen molar-refractivity contribution in [1.82, 2.24) is 0 Å². The second-order valence-electron chi connectivity index (χ2n) is 5.44. The SMILES string of the molecule is Cc1cc(C)cc(NC(=O)[C@H](C)Oc2cccc(C)c2)c1. The van der Waals surface area contributed by atoms with E-state index in [-0.39, 0.29) is 5.91 Å². The fourth-order valence-corrected chi connectivity index (χ4v) is 2.24. The maximum Gasteiger partial charge on any atom is 0.265 e. The van der Waals surface area contributed by atoms with Gasteiger partial charge in [0.25, 0.3) is 5.91 Å². The van der Waals surface area contributed by atoms with Gasteiger partial charge < -0.3 is 10.1 Å². The molecule has 1 N–H and O–H groups in total. The van der Waals surface area contributed by atoms with Crippen LogP contribution >= 0.6 is 0 Å². The maximum atomic E-state index is 12.2. The summed E-state index contributed by atoms with van der Waals surface area (Å²) in [6, 6.07) is 13.7. The van der Waals surface area contributed by atoms with Crippen LogP contribution in [-0.4, -0.2) is 12.0 Å². The zero-order chi connectivity index (χ0) is 15.4. The van der Waals surface area contributed by atoms with Crippen LogP contribution in [0.4, 0.5) is 5.69 Å². The van der Waals surface area contributed by atoms with E-state index in [1.165, 1.54) is 0 Å². The number of rotatable bonds is 4. The molecule has 2 aromatic carbocycles. The van der Waals surface area contributed by atoms with Crippen LogP contribution in [0.5, 0.6) is 5.75 Å². The van der Waals surface area contributed by atoms with E-state index in [0.29, 0.717) is 5.75 Å². The van der Waals surface area contributed by atoms with Crippen LogP contribution in [0.15, 0.2) is 42.5 Å². The second-order valence-corrected chi connectivity index (χ2v) is 5.44. The predicted octanol–water partition coefficient (Wildman–Crippen LogP) is 4.02. The van der Waals surface area contributed by atoms with E-state index >= 15 is 0 Å². The summed E-state index contributed by atoms with van der Waals surface area (Å²) >= 11 is 0. The fourth-order valence-electron chi connectivity index (χ4n) is 2.24. The summed E-state index contributed by atoms with van der Waals surface area (Å²) < 4.78 is 5.68. The van der Waals surface area contributed by atoms with E-state index in [0.717, 1.165) is 22.4 Å². The highest BCUT2D eigenvalue weighted by molar-refractivity contribution is 5.94. The molecule has 3 heteroatoms. The van der Waals surface area contributed by atoms with Gasteiger partial charge in [0.1, 0.15) is 5.75 Å². The third-order valence-corrected chi connectivity index (χ3v) is 3.16. The first kappa shape index (κ1) is 15.1. The first-order valence-corrected chi connectivity index (χ1v) is 7.06. The Kier molecular flexibility index (Phi) is 4.63. The molecule has 0 unspecified atom stereocenters. The van der Waals surface area contributed by atoms with E-state index in [1.807, 2.05) is 57.2 Å². The van der Waals surface area contributed by atoms with Crippen molar-refractivity contribution >= 4 is 11.6 Å². The topological polar surface area (TPSA) is 38.3 Å². The molecule has 0 saturated carbocycles. The Morgan fingerprint density at radius 3 is 2.29 bits per heavy atom. The molecule has 0 heterocycles. The van der Waals surface area contributed by atoms with E-state index < -0.39 is 6.10 Å². The van der Waals surface area contributed by atoms with Gasteiger partial charge in [-0.05, 0) is 68.7 Å². The van der Waals surface area contributed by atoms with Gasteiger partial charge in [-0.25, -0.2) is 0 Å². The average molecular weight is 283 g/mol. The number of amides is 1. The highest BCUT2D eigenvalue weighted by Gasteiger charge is 2.15. The number of hydrogen-bond donors (Lipinski definition) is 1. The highest BCUT2D eigenvalue weighted by atomic mass is 16.5. The molecule has 0 fully saturated rings. The molecule has 0 bridgehead atoms. The lowest BCUT2D eigenvalue weighted by atomic mass is 10.1. The molecule has 0 aliphatic heterocycles. The van der Waals surface area contributed by atoms with Crippen LogP contribution < -0.4 is 10.1 Å². The molecule has 3 nitrogen and oxygen atoms in total. The molecule has 0 aromatic heterocycles. The third-order valence-electron chi connectivity index (χ3n) is 3.16. The zero-order valence-corrected chi connectivity index (χ0v) is 12.9. The molecule has 0 aliphatic rings. The summed E-state index contributed by atoms with van der Waals surface area (Å²) in [5, 5.41) is 2.89. The summed E-state index contributed by atoms with van der Waals surface area (Å²) in [4.78, 5) is 12.2. The third kappa shape index (κ3) is 4.35. The van der Waals surface area contributed by atoms with E-state index in [4.69, 9.17) is 4.74 Å². The number of nitrogens with one attached hydrogen (secondary N) is 1. The van der Waals surface area contributed by atoms with Crippen molar-refractivity contribution in [3.8, 4) is 5.75 Å². The predicted molar refractivity (Wildman–Crippen MR) is 85.8 cm³/mol. The molecule has 0 saturated heterocycles. The molecule has 2 aromatic rings. The monoisotopic (exact) mass is 283 g/mol. The van der Waals surface area contributed by atoms with Gasteiger partial charge in [-0.1, -0.05) is 18.2 Å². The Morgan fingerprint density at radius 2 is 1.67 bits per heavy atom. The molecule has 0 radical (unpaired) electrons. The van der Waals surface area contributed by atoms with E-state index in [2.05, 4.69) is 11.4 Å². The Hall–Kier alpha value is -2.29. The summed E-state index contributed by atoms with van der Waals surface area (Å²) in [5.74, 6) is 0.555. The second kappa shape index (κ2) is 6.44. The van der Waals surface area contributed by atoms with Gasteiger partial charge >= 0.3 is 0 Å². The van der Waals surface area contributed by atoms with Crippen LogP contribution in [0.2, 0.25) is 0 Å². The van der Waals surface area contributed by atoms with Crippen molar-refractivity contribution in [3.05, 3.63) is 59.2 Å². The highest BCUT2D eigenvalue weighted by Crippen LogP contribution is 2.17. The quantitative estimate of drug-likeness (QED) is 0.920. The van der Waals surface area contributed by atoms with Gasteiger partial charge in [-0.3, -0.25) is 4.79 Å². The molecular weight excluding hydrogens is 262 g/mol. The van der Waals surface area contributed by atoms with Gasteiger partial charge in [0, 0.05) is 5.69 Å². The normalized spacial score (nSPS) is 11.8. The number of benzene rings is 2. The Labute approximate surface area is 126 Å². The van der Waals surface area contributed by atoms with Crippen LogP contribution in [-0.2, 0) is 4.79 Å². The number of ether oxygens (including phenoxy) is 1.